The minimum absolute atomic E-state index is 0.306. The van der Waals surface area contributed by atoms with Gasteiger partial charge in [0.15, 0.2) is 5.82 Å². The van der Waals surface area contributed by atoms with Crippen LogP contribution < -0.4 is 0 Å². The Morgan fingerprint density at radius 3 is 1.81 bits per heavy atom. The average Bonchev–Trinajstić information content (AvgIpc) is 2.49. The Kier molecular flexibility index (Phi) is 8.56. The molecule has 0 radical (unpaired) electrons. The number of alkyl halides is 1. The molecule has 0 aliphatic carbocycles. The van der Waals surface area contributed by atoms with Gasteiger partial charge in [0.1, 0.15) is 6.67 Å². The van der Waals surface area contributed by atoms with E-state index in [1.54, 1.807) is 12.1 Å². The van der Waals surface area contributed by atoms with Crippen molar-refractivity contribution in [2.45, 2.75) is 13.6 Å². The molecule has 7 heteroatoms. The highest BCUT2D eigenvalue weighted by atomic mass is 79.9. The van der Waals surface area contributed by atoms with E-state index in [4.69, 9.17) is 0 Å². The maximum Gasteiger partial charge on any atom is 0.153 e. The van der Waals surface area contributed by atoms with Crippen LogP contribution in [0, 0.1) is 12.7 Å². The van der Waals surface area contributed by atoms with Crippen molar-refractivity contribution in [1.29, 1.82) is 0 Å². The van der Waals surface area contributed by atoms with Gasteiger partial charge in [-0.05, 0) is 93.9 Å². The maximum absolute atomic E-state index is 13.3. The molecule has 2 aromatic carbocycles. The summed E-state index contributed by atoms with van der Waals surface area (Å²) in [6, 6.07) is 7.21. The SMILES string of the molecule is Cc1c(Br)c(Br)c(F)c(Br)c1Br.FCc1cccc(Br)c1. The monoisotopic (exact) mass is 610 g/mol. The molecule has 0 heterocycles. The number of halogens is 7. The molecule has 2 rings (SSSR count). The van der Waals surface area contributed by atoms with Crippen molar-refractivity contribution in [2.24, 2.45) is 0 Å². The molecule has 0 spiro atoms. The van der Waals surface area contributed by atoms with Gasteiger partial charge in [-0.15, -0.1) is 0 Å². The first-order valence-corrected chi connectivity index (χ1v) is 9.54. The van der Waals surface area contributed by atoms with Crippen molar-refractivity contribution < 1.29 is 8.78 Å². The summed E-state index contributed by atoms with van der Waals surface area (Å²) in [5, 5.41) is 0. The van der Waals surface area contributed by atoms with E-state index in [9.17, 15) is 8.78 Å². The van der Waals surface area contributed by atoms with E-state index < -0.39 is 0 Å². The lowest BCUT2D eigenvalue weighted by atomic mass is 10.2. The minimum Gasteiger partial charge on any atom is -0.246 e. The third-order valence-electron chi connectivity index (χ3n) is 2.47. The molecule has 0 N–H and O–H groups in total. The summed E-state index contributed by atoms with van der Waals surface area (Å²) in [6.45, 7) is 1.50. The molecule has 0 bridgehead atoms. The first kappa shape index (κ1) is 19.7. The first-order chi connectivity index (χ1) is 9.79. The Bertz CT molecular complexity index is 539. The topological polar surface area (TPSA) is 0 Å². The van der Waals surface area contributed by atoms with Crippen LogP contribution in [0.1, 0.15) is 11.1 Å². The van der Waals surface area contributed by atoms with E-state index in [1.165, 1.54) is 0 Å². The predicted octanol–water partition coefficient (Wildman–Crippen LogP) is 8.10. The normalized spacial score (nSPS) is 10.1. The number of rotatable bonds is 1. The molecule has 0 nitrogen and oxygen atoms in total. The van der Waals surface area contributed by atoms with Crippen molar-refractivity contribution in [2.75, 3.05) is 0 Å². The van der Waals surface area contributed by atoms with Gasteiger partial charge in [-0.3, -0.25) is 0 Å². The average molecular weight is 615 g/mol. The van der Waals surface area contributed by atoms with Gasteiger partial charge in [-0.25, -0.2) is 8.78 Å². The zero-order valence-electron chi connectivity index (χ0n) is 10.7. The zero-order valence-corrected chi connectivity index (χ0v) is 18.6. The number of hydrogen-bond acceptors (Lipinski definition) is 0. The van der Waals surface area contributed by atoms with E-state index in [2.05, 4.69) is 79.6 Å². The largest absolute Gasteiger partial charge is 0.246 e. The summed E-state index contributed by atoms with van der Waals surface area (Å²) in [4.78, 5) is 0. The summed E-state index contributed by atoms with van der Waals surface area (Å²) in [5.41, 5.74) is 1.67. The van der Waals surface area contributed by atoms with E-state index in [-0.39, 0.29) is 12.5 Å². The zero-order chi connectivity index (χ0) is 16.2. The molecule has 21 heavy (non-hydrogen) atoms. The van der Waals surface area contributed by atoms with E-state index in [0.717, 1.165) is 19.0 Å². The molecule has 0 aliphatic heterocycles. The predicted molar refractivity (Wildman–Crippen MR) is 101 cm³/mol. The van der Waals surface area contributed by atoms with Crippen molar-refractivity contribution in [1.82, 2.24) is 0 Å². The van der Waals surface area contributed by atoms with Crippen LogP contribution in [0.5, 0.6) is 0 Å². The summed E-state index contributed by atoms with van der Waals surface area (Å²) in [6.07, 6.45) is 0. The second-order valence-electron chi connectivity index (χ2n) is 3.96. The fourth-order valence-corrected chi connectivity index (χ4v) is 4.05. The van der Waals surface area contributed by atoms with Gasteiger partial charge in [0.25, 0.3) is 0 Å². The van der Waals surface area contributed by atoms with Crippen LogP contribution in [0.2, 0.25) is 0 Å². The van der Waals surface area contributed by atoms with Crippen molar-refractivity contribution in [3.05, 3.63) is 63.6 Å². The standard InChI is InChI=1S/C7H3Br4F.C7H6BrF/c1-2-3(8)5(10)7(12)6(11)4(2)9;8-7-3-1-2-6(4-7)5-9/h1H3;1-4H,5H2. The van der Waals surface area contributed by atoms with Crippen LogP contribution in [0.4, 0.5) is 8.78 Å². The van der Waals surface area contributed by atoms with Crippen molar-refractivity contribution in [3.8, 4) is 0 Å². The lowest BCUT2D eigenvalue weighted by Gasteiger charge is -2.07. The second kappa shape index (κ2) is 9.11. The fraction of sp³-hybridized carbons (Fsp3) is 0.143. The lowest BCUT2D eigenvalue weighted by Crippen LogP contribution is -1.88. The lowest BCUT2D eigenvalue weighted by molar-refractivity contribution is 0.485. The second-order valence-corrected chi connectivity index (χ2v) is 8.05. The molecule has 114 valence electrons. The van der Waals surface area contributed by atoms with E-state index >= 15 is 0 Å². The summed E-state index contributed by atoms with van der Waals surface area (Å²) < 4.78 is 28.4. The Morgan fingerprint density at radius 1 is 0.905 bits per heavy atom. The van der Waals surface area contributed by atoms with Crippen LogP contribution in [0.3, 0.4) is 0 Å². The van der Waals surface area contributed by atoms with Gasteiger partial charge in [0.05, 0.1) is 8.95 Å². The number of benzene rings is 2. The molecular weight excluding hydrogens is 606 g/mol. The van der Waals surface area contributed by atoms with Crippen LogP contribution in [0.15, 0.2) is 46.6 Å². The third kappa shape index (κ3) is 5.37. The molecule has 0 saturated carbocycles. The highest BCUT2D eigenvalue weighted by molar-refractivity contribution is 9.14. The Labute approximate surface area is 164 Å². The van der Waals surface area contributed by atoms with Crippen molar-refractivity contribution in [3.63, 3.8) is 0 Å². The van der Waals surface area contributed by atoms with Gasteiger partial charge in [-0.2, -0.15) is 0 Å². The molecular formula is C14H9Br5F2. The molecule has 2 aromatic rings. The smallest absolute Gasteiger partial charge is 0.153 e. The summed E-state index contributed by atoms with van der Waals surface area (Å²) in [7, 11) is 0. The highest BCUT2D eigenvalue weighted by Crippen LogP contribution is 2.39. The molecule has 0 saturated heterocycles. The fourth-order valence-electron chi connectivity index (χ4n) is 1.33. The minimum atomic E-state index is -0.389. The van der Waals surface area contributed by atoms with Gasteiger partial charge in [0, 0.05) is 13.4 Å². The number of hydrogen-bond donors (Lipinski definition) is 0. The van der Waals surface area contributed by atoms with Crippen LogP contribution in [-0.2, 0) is 6.67 Å². The van der Waals surface area contributed by atoms with Gasteiger partial charge in [0.2, 0.25) is 0 Å². The molecule has 0 unspecified atom stereocenters. The Morgan fingerprint density at radius 2 is 1.43 bits per heavy atom. The Hall–Kier alpha value is 0.700. The molecule has 0 amide bonds. The van der Waals surface area contributed by atoms with Gasteiger partial charge >= 0.3 is 0 Å². The molecule has 0 fully saturated rings. The molecule has 0 atom stereocenters. The van der Waals surface area contributed by atoms with Gasteiger partial charge < -0.3 is 0 Å². The molecule has 0 aromatic heterocycles. The quantitative estimate of drug-likeness (QED) is 0.225. The van der Waals surface area contributed by atoms with E-state index in [1.807, 2.05) is 19.1 Å². The van der Waals surface area contributed by atoms with Crippen LogP contribution >= 0.6 is 79.6 Å². The maximum atomic E-state index is 13.3. The third-order valence-corrected chi connectivity index (χ3v) is 7.50. The van der Waals surface area contributed by atoms with Gasteiger partial charge in [-0.1, -0.05) is 28.1 Å². The highest BCUT2D eigenvalue weighted by Gasteiger charge is 2.15. The summed E-state index contributed by atoms with van der Waals surface area (Å²) >= 11 is 16.1. The van der Waals surface area contributed by atoms with Crippen molar-refractivity contribution >= 4 is 79.6 Å². The van der Waals surface area contributed by atoms with Crippen LogP contribution in [-0.4, -0.2) is 0 Å². The first-order valence-electron chi connectivity index (χ1n) is 5.58. The van der Waals surface area contributed by atoms with E-state index in [0.29, 0.717) is 14.5 Å². The van der Waals surface area contributed by atoms with Crippen LogP contribution in [0.25, 0.3) is 0 Å². The Balaban J connectivity index is 0.000000219. The summed E-state index contributed by atoms with van der Waals surface area (Å²) in [5.74, 6) is -0.306. The molecule has 0 aliphatic rings.